The summed E-state index contributed by atoms with van der Waals surface area (Å²) < 4.78 is 10.8. The number of benzene rings is 2. The molecule has 0 bridgehead atoms. The zero-order chi connectivity index (χ0) is 32.0. The van der Waals surface area contributed by atoms with Gasteiger partial charge in [-0.15, -0.1) is 0 Å². The fraction of sp³-hybridized carbons (Fsp3) is 0.407. The summed E-state index contributed by atoms with van der Waals surface area (Å²) >= 11 is 4.47. The highest BCUT2D eigenvalue weighted by Gasteiger charge is 2.44. The summed E-state index contributed by atoms with van der Waals surface area (Å²) in [5.41, 5.74) is 6.40. The number of nitro benzene ring substituents is 2. The topological polar surface area (TPSA) is 224 Å². The molecule has 1 unspecified atom stereocenters. The van der Waals surface area contributed by atoms with Crippen LogP contribution in [0.4, 0.5) is 16.2 Å². The highest BCUT2D eigenvalue weighted by atomic mass is 32.1. The minimum Gasteiger partial charge on any atom is -0.459 e. The molecule has 4 atom stereocenters. The molecule has 0 spiro atoms. The Labute approximate surface area is 256 Å². The van der Waals surface area contributed by atoms with Crippen molar-refractivity contribution in [1.29, 1.82) is 5.41 Å². The van der Waals surface area contributed by atoms with Crippen molar-refractivity contribution in [3.05, 3.63) is 79.9 Å². The number of nitrogens with two attached hydrogens (primary N) is 1. The van der Waals surface area contributed by atoms with Crippen LogP contribution in [0.2, 0.25) is 0 Å². The molecule has 2 amide bonds. The zero-order valence-corrected chi connectivity index (χ0v) is 24.3. The van der Waals surface area contributed by atoms with E-state index in [4.69, 9.17) is 20.6 Å². The average molecular weight is 630 g/mol. The van der Waals surface area contributed by atoms with Crippen molar-refractivity contribution >= 4 is 47.9 Å². The Morgan fingerprint density at radius 1 is 0.977 bits per heavy atom. The van der Waals surface area contributed by atoms with Crippen LogP contribution in [-0.2, 0) is 32.3 Å². The Morgan fingerprint density at radius 2 is 1.52 bits per heavy atom. The van der Waals surface area contributed by atoms with E-state index in [1.165, 1.54) is 58.3 Å². The first-order chi connectivity index (χ1) is 20.9. The van der Waals surface area contributed by atoms with Gasteiger partial charge in [-0.2, -0.15) is 12.6 Å². The summed E-state index contributed by atoms with van der Waals surface area (Å²) in [6.07, 6.45) is -0.0347. The van der Waals surface area contributed by atoms with Gasteiger partial charge < -0.3 is 25.4 Å². The number of amides is 2. The van der Waals surface area contributed by atoms with E-state index in [0.29, 0.717) is 24.0 Å². The van der Waals surface area contributed by atoms with Gasteiger partial charge in [-0.25, -0.2) is 9.59 Å². The predicted molar refractivity (Wildman–Crippen MR) is 158 cm³/mol. The van der Waals surface area contributed by atoms with Crippen LogP contribution in [0.3, 0.4) is 0 Å². The zero-order valence-electron chi connectivity index (χ0n) is 23.4. The SMILES string of the molecule is N=C(N)NC(C(=O)OCc1ccc([N+](=O)[O-])cc1)[C@H]1CCN(C(=O)[C@@H]2C[C@H](S)CN2C(=O)OCc2ccc([N+](=O)[O-])cc2)C1. The van der Waals surface area contributed by atoms with E-state index in [2.05, 4.69) is 17.9 Å². The van der Waals surface area contributed by atoms with E-state index < -0.39 is 45.9 Å². The van der Waals surface area contributed by atoms with Crippen LogP contribution < -0.4 is 11.1 Å². The van der Waals surface area contributed by atoms with Crippen LogP contribution in [0.25, 0.3) is 0 Å². The second kappa shape index (κ2) is 14.0. The fourth-order valence-corrected chi connectivity index (χ4v) is 5.53. The molecule has 2 saturated heterocycles. The summed E-state index contributed by atoms with van der Waals surface area (Å²) in [6.45, 7) is 0.298. The lowest BCUT2D eigenvalue weighted by Crippen LogP contribution is -2.51. The van der Waals surface area contributed by atoms with Crippen LogP contribution in [-0.4, -0.2) is 80.5 Å². The van der Waals surface area contributed by atoms with E-state index in [1.807, 2.05) is 0 Å². The maximum atomic E-state index is 13.6. The number of esters is 1. The number of guanidine groups is 1. The quantitative estimate of drug-likeness (QED) is 0.0742. The van der Waals surface area contributed by atoms with Crippen LogP contribution in [0.5, 0.6) is 0 Å². The van der Waals surface area contributed by atoms with Gasteiger partial charge in [0.25, 0.3) is 11.4 Å². The number of ether oxygens (including phenoxy) is 2. The van der Waals surface area contributed by atoms with Crippen molar-refractivity contribution in [2.24, 2.45) is 11.7 Å². The van der Waals surface area contributed by atoms with Gasteiger partial charge in [0.1, 0.15) is 25.3 Å². The van der Waals surface area contributed by atoms with Crippen molar-refractivity contribution in [1.82, 2.24) is 15.1 Å². The van der Waals surface area contributed by atoms with Crippen LogP contribution >= 0.6 is 12.6 Å². The third kappa shape index (κ3) is 7.91. The Balaban J connectivity index is 1.35. The molecule has 44 heavy (non-hydrogen) atoms. The summed E-state index contributed by atoms with van der Waals surface area (Å²) in [5, 5.41) is 31.7. The summed E-state index contributed by atoms with van der Waals surface area (Å²) in [6, 6.07) is 9.21. The van der Waals surface area contributed by atoms with Crippen molar-refractivity contribution in [2.75, 3.05) is 19.6 Å². The molecule has 0 aromatic heterocycles. The first-order valence-electron chi connectivity index (χ1n) is 13.6. The number of likely N-dealkylation sites (tertiary alicyclic amines) is 2. The minimum absolute atomic E-state index is 0.0920. The van der Waals surface area contributed by atoms with Crippen LogP contribution in [0, 0.1) is 31.6 Å². The lowest BCUT2D eigenvalue weighted by Gasteiger charge is -2.28. The number of nitrogens with one attached hydrogen (secondary N) is 2. The number of carbonyl (C=O) groups excluding carboxylic acids is 3. The number of hydrogen-bond donors (Lipinski definition) is 4. The number of nitrogens with zero attached hydrogens (tertiary/aromatic N) is 4. The lowest BCUT2D eigenvalue weighted by molar-refractivity contribution is -0.385. The molecule has 2 aromatic carbocycles. The van der Waals surface area contributed by atoms with Crippen LogP contribution in [0.15, 0.2) is 48.5 Å². The second-order valence-electron chi connectivity index (χ2n) is 10.4. The van der Waals surface area contributed by atoms with E-state index in [0.717, 1.165) is 0 Å². The Bertz CT molecular complexity index is 1420. The van der Waals surface area contributed by atoms with Gasteiger partial charge in [0.05, 0.1) is 9.85 Å². The number of hydrogen-bond acceptors (Lipinski definition) is 11. The molecule has 2 aromatic rings. The smallest absolute Gasteiger partial charge is 0.410 e. The maximum Gasteiger partial charge on any atom is 0.410 e. The number of rotatable bonds is 10. The minimum atomic E-state index is -1.03. The first kappa shape index (κ1) is 32.0. The maximum absolute atomic E-state index is 13.6. The Kier molecular flexibility index (Phi) is 10.2. The molecule has 2 fully saturated rings. The first-order valence-corrected chi connectivity index (χ1v) is 14.1. The highest BCUT2D eigenvalue weighted by molar-refractivity contribution is 7.81. The molecule has 16 nitrogen and oxygen atoms in total. The molecule has 0 aliphatic carbocycles. The number of thiol groups is 1. The third-order valence-electron chi connectivity index (χ3n) is 7.41. The highest BCUT2D eigenvalue weighted by Crippen LogP contribution is 2.28. The summed E-state index contributed by atoms with van der Waals surface area (Å²) in [7, 11) is 0. The van der Waals surface area contributed by atoms with Crippen LogP contribution in [0.1, 0.15) is 24.0 Å². The lowest BCUT2D eigenvalue weighted by atomic mass is 9.99. The number of nitro groups is 2. The standard InChI is InChI=1S/C27H31N7O9S/c28-26(29)30-23(25(36)42-14-16-1-5-19(6-2-16)33(38)39)18-9-10-31(12-18)24(35)22-11-21(44)13-32(22)27(37)43-15-17-3-7-20(8-4-17)34(40)41/h1-8,18,21-23,44H,9-15H2,(H4,28,29,30)/t18-,21-,22-,23?/m0/s1. The molecule has 2 aliphatic rings. The van der Waals surface area contributed by atoms with Gasteiger partial charge in [-0.3, -0.25) is 35.3 Å². The number of carbonyl (C=O) groups is 3. The predicted octanol–water partition coefficient (Wildman–Crippen LogP) is 1.96. The normalized spacial score (nSPS) is 20.1. The van der Waals surface area contributed by atoms with Gasteiger partial charge in [0, 0.05) is 55.1 Å². The molecule has 4 rings (SSSR count). The van der Waals surface area contributed by atoms with E-state index in [1.54, 1.807) is 0 Å². The van der Waals surface area contributed by atoms with E-state index in [-0.39, 0.29) is 55.4 Å². The molecule has 2 heterocycles. The second-order valence-corrected chi connectivity index (χ2v) is 11.2. The molecule has 17 heteroatoms. The summed E-state index contributed by atoms with van der Waals surface area (Å²) in [4.78, 5) is 63.0. The average Bonchev–Trinajstić information content (AvgIpc) is 3.64. The van der Waals surface area contributed by atoms with Crippen molar-refractivity contribution in [3.8, 4) is 0 Å². The molecule has 0 saturated carbocycles. The summed E-state index contributed by atoms with van der Waals surface area (Å²) in [5.74, 6) is -1.95. The monoisotopic (exact) mass is 629 g/mol. The molecule has 0 radical (unpaired) electrons. The molecule has 234 valence electrons. The van der Waals surface area contributed by atoms with E-state index >= 15 is 0 Å². The van der Waals surface area contributed by atoms with Crippen molar-refractivity contribution in [2.45, 2.75) is 43.4 Å². The molecule has 4 N–H and O–H groups in total. The fourth-order valence-electron chi connectivity index (χ4n) is 5.16. The Hall–Kier alpha value is -4.93. The van der Waals surface area contributed by atoms with Crippen molar-refractivity contribution < 1.29 is 33.7 Å². The van der Waals surface area contributed by atoms with Gasteiger partial charge in [-0.1, -0.05) is 0 Å². The van der Waals surface area contributed by atoms with Gasteiger partial charge >= 0.3 is 12.1 Å². The molecular weight excluding hydrogens is 598 g/mol. The largest absolute Gasteiger partial charge is 0.459 e. The van der Waals surface area contributed by atoms with E-state index in [9.17, 15) is 34.6 Å². The third-order valence-corrected chi connectivity index (χ3v) is 7.78. The molecular formula is C27H31N7O9S. The van der Waals surface area contributed by atoms with Crippen molar-refractivity contribution in [3.63, 3.8) is 0 Å². The Morgan fingerprint density at radius 3 is 2.05 bits per heavy atom. The van der Waals surface area contributed by atoms with Gasteiger partial charge in [0.15, 0.2) is 5.96 Å². The van der Waals surface area contributed by atoms with Gasteiger partial charge in [-0.05, 0) is 48.2 Å². The van der Waals surface area contributed by atoms with Gasteiger partial charge in [0.2, 0.25) is 5.91 Å². The molecule has 2 aliphatic heterocycles. The number of non-ortho nitro benzene ring substituents is 2.